The molecular weight excluding hydrogens is 280 g/mol. The van der Waals surface area contributed by atoms with Crippen LogP contribution in [0.15, 0.2) is 29.4 Å². The van der Waals surface area contributed by atoms with E-state index in [1.807, 2.05) is 6.92 Å². The van der Waals surface area contributed by atoms with Crippen LogP contribution >= 0.6 is 0 Å². The number of rotatable bonds is 6. The first-order valence-corrected chi connectivity index (χ1v) is 7.60. The molecule has 0 aromatic carbocycles. The van der Waals surface area contributed by atoms with Crippen molar-refractivity contribution in [1.29, 1.82) is 0 Å². The lowest BCUT2D eigenvalue weighted by atomic mass is 10.4. The molecule has 0 radical (unpaired) electrons. The first-order valence-electron chi connectivity index (χ1n) is 6.12. The maximum absolute atomic E-state index is 12.2. The van der Waals surface area contributed by atoms with E-state index in [9.17, 15) is 8.42 Å². The molecule has 3 N–H and O–H groups in total. The minimum absolute atomic E-state index is 0.00917. The average molecular weight is 296 g/mol. The van der Waals surface area contributed by atoms with E-state index in [1.54, 1.807) is 12.1 Å². The van der Waals surface area contributed by atoms with Gasteiger partial charge in [0.1, 0.15) is 4.90 Å². The van der Waals surface area contributed by atoms with E-state index in [4.69, 9.17) is 5.73 Å². The zero-order chi connectivity index (χ0) is 14.6. The molecule has 9 heteroatoms. The fraction of sp³-hybridized carbons (Fsp3) is 0.364. The van der Waals surface area contributed by atoms with Crippen molar-refractivity contribution in [2.75, 3.05) is 5.73 Å². The van der Waals surface area contributed by atoms with Gasteiger partial charge < -0.3 is 5.73 Å². The Morgan fingerprint density at radius 3 is 2.90 bits per heavy atom. The van der Waals surface area contributed by atoms with Crippen LogP contribution in [0.3, 0.4) is 0 Å². The number of hydrogen-bond acceptors (Lipinski definition) is 6. The summed E-state index contributed by atoms with van der Waals surface area (Å²) in [7, 11) is -3.71. The molecule has 2 rings (SSSR count). The zero-order valence-electron chi connectivity index (χ0n) is 11.0. The SMILES string of the molecule is CCCn1cc(S(=O)(=O)NCc2cccnn2)c(N)n1. The minimum atomic E-state index is -3.71. The van der Waals surface area contributed by atoms with Gasteiger partial charge in [-0.05, 0) is 18.6 Å². The summed E-state index contributed by atoms with van der Waals surface area (Å²) >= 11 is 0. The second kappa shape index (κ2) is 5.97. The predicted molar refractivity (Wildman–Crippen MR) is 73.0 cm³/mol. The maximum atomic E-state index is 12.2. The normalized spacial score (nSPS) is 11.7. The molecule has 0 aliphatic carbocycles. The lowest BCUT2D eigenvalue weighted by Crippen LogP contribution is -2.24. The van der Waals surface area contributed by atoms with Crippen molar-refractivity contribution < 1.29 is 8.42 Å². The Bertz CT molecular complexity index is 667. The average Bonchev–Trinajstić information content (AvgIpc) is 2.80. The third-order valence-electron chi connectivity index (χ3n) is 2.57. The monoisotopic (exact) mass is 296 g/mol. The molecule has 8 nitrogen and oxygen atoms in total. The van der Waals surface area contributed by atoms with E-state index in [2.05, 4.69) is 20.0 Å². The Kier molecular flexibility index (Phi) is 4.30. The molecular formula is C11H16N6O2S. The number of aromatic nitrogens is 4. The molecule has 0 unspecified atom stereocenters. The van der Waals surface area contributed by atoms with Gasteiger partial charge in [-0.25, -0.2) is 13.1 Å². The van der Waals surface area contributed by atoms with Crippen LogP contribution in [-0.4, -0.2) is 28.4 Å². The number of nitrogens with zero attached hydrogens (tertiary/aromatic N) is 4. The van der Waals surface area contributed by atoms with Gasteiger partial charge in [0.15, 0.2) is 5.82 Å². The Morgan fingerprint density at radius 2 is 2.25 bits per heavy atom. The van der Waals surface area contributed by atoms with E-state index >= 15 is 0 Å². The molecule has 0 amide bonds. The molecule has 0 saturated heterocycles. The summed E-state index contributed by atoms with van der Waals surface area (Å²) in [5.74, 6) is -0.00917. The Hall–Kier alpha value is -2.00. The zero-order valence-corrected chi connectivity index (χ0v) is 11.8. The minimum Gasteiger partial charge on any atom is -0.381 e. The van der Waals surface area contributed by atoms with E-state index in [0.717, 1.165) is 6.42 Å². The highest BCUT2D eigenvalue weighted by Crippen LogP contribution is 2.16. The fourth-order valence-electron chi connectivity index (χ4n) is 1.64. The number of sulfonamides is 1. The van der Waals surface area contributed by atoms with Crippen LogP contribution in [0.5, 0.6) is 0 Å². The molecule has 0 saturated carbocycles. The molecule has 0 spiro atoms. The van der Waals surface area contributed by atoms with Crippen LogP contribution in [0.4, 0.5) is 5.82 Å². The van der Waals surface area contributed by atoms with Crippen LogP contribution in [0, 0.1) is 0 Å². The van der Waals surface area contributed by atoms with Gasteiger partial charge in [-0.3, -0.25) is 4.68 Å². The molecule has 0 fully saturated rings. The smallest absolute Gasteiger partial charge is 0.246 e. The highest BCUT2D eigenvalue weighted by molar-refractivity contribution is 7.89. The van der Waals surface area contributed by atoms with Gasteiger partial charge in [0.25, 0.3) is 0 Å². The third kappa shape index (κ3) is 3.31. The standard InChI is InChI=1S/C11H16N6O2S/c1-2-6-17-8-10(11(12)16-17)20(18,19)14-7-9-4-3-5-13-15-9/h3-5,8,14H,2,6-7H2,1H3,(H2,12,16). The molecule has 0 bridgehead atoms. The first kappa shape index (κ1) is 14.4. The molecule has 0 atom stereocenters. The van der Waals surface area contributed by atoms with Crippen LogP contribution in [0.2, 0.25) is 0 Å². The van der Waals surface area contributed by atoms with Crippen molar-refractivity contribution >= 4 is 15.8 Å². The van der Waals surface area contributed by atoms with Crippen molar-refractivity contribution in [2.45, 2.75) is 31.3 Å². The summed E-state index contributed by atoms with van der Waals surface area (Å²) in [6.07, 6.45) is 3.79. The van der Waals surface area contributed by atoms with Gasteiger partial charge in [-0.15, -0.1) is 0 Å². The van der Waals surface area contributed by atoms with Gasteiger partial charge in [0, 0.05) is 18.9 Å². The summed E-state index contributed by atoms with van der Waals surface area (Å²) in [5, 5.41) is 11.5. The highest BCUT2D eigenvalue weighted by Gasteiger charge is 2.20. The lowest BCUT2D eigenvalue weighted by Gasteiger charge is -2.04. The quantitative estimate of drug-likeness (QED) is 0.783. The fourth-order valence-corrected chi connectivity index (χ4v) is 2.71. The van der Waals surface area contributed by atoms with Crippen LogP contribution in [0.25, 0.3) is 0 Å². The lowest BCUT2D eigenvalue weighted by molar-refractivity contribution is 0.578. The largest absolute Gasteiger partial charge is 0.381 e. The molecule has 108 valence electrons. The number of nitrogen functional groups attached to an aromatic ring is 1. The number of anilines is 1. The summed E-state index contributed by atoms with van der Waals surface area (Å²) in [5.41, 5.74) is 6.17. The van der Waals surface area contributed by atoms with Crippen LogP contribution in [-0.2, 0) is 23.1 Å². The summed E-state index contributed by atoms with van der Waals surface area (Å²) in [4.78, 5) is -0.0187. The van der Waals surface area contributed by atoms with Gasteiger partial charge in [0.05, 0.1) is 12.2 Å². The van der Waals surface area contributed by atoms with E-state index in [0.29, 0.717) is 12.2 Å². The summed E-state index contributed by atoms with van der Waals surface area (Å²) in [6.45, 7) is 2.64. The number of nitrogens with one attached hydrogen (secondary N) is 1. The summed E-state index contributed by atoms with van der Waals surface area (Å²) < 4.78 is 28.2. The molecule has 2 aromatic heterocycles. The number of nitrogens with two attached hydrogens (primary N) is 1. The van der Waals surface area contributed by atoms with Gasteiger partial charge in [-0.2, -0.15) is 15.3 Å². The number of aryl methyl sites for hydroxylation is 1. The van der Waals surface area contributed by atoms with Crippen molar-refractivity contribution in [3.05, 3.63) is 30.2 Å². The van der Waals surface area contributed by atoms with Crippen LogP contribution < -0.4 is 10.5 Å². The van der Waals surface area contributed by atoms with Crippen molar-refractivity contribution in [1.82, 2.24) is 24.7 Å². The second-order valence-electron chi connectivity index (χ2n) is 4.18. The van der Waals surface area contributed by atoms with Crippen molar-refractivity contribution in [3.8, 4) is 0 Å². The molecule has 2 aromatic rings. The topological polar surface area (TPSA) is 116 Å². The van der Waals surface area contributed by atoms with E-state index in [-0.39, 0.29) is 17.3 Å². The van der Waals surface area contributed by atoms with E-state index in [1.165, 1.54) is 17.1 Å². The summed E-state index contributed by atoms with van der Waals surface area (Å²) in [6, 6.07) is 3.36. The molecule has 20 heavy (non-hydrogen) atoms. The first-order chi connectivity index (χ1) is 9.53. The highest BCUT2D eigenvalue weighted by atomic mass is 32.2. The Balaban J connectivity index is 2.14. The van der Waals surface area contributed by atoms with Crippen LogP contribution in [0.1, 0.15) is 19.0 Å². The Morgan fingerprint density at radius 1 is 1.45 bits per heavy atom. The second-order valence-corrected chi connectivity index (χ2v) is 5.92. The predicted octanol–water partition coefficient (Wildman–Crippen LogP) is 0.144. The van der Waals surface area contributed by atoms with Gasteiger partial charge in [0.2, 0.25) is 10.0 Å². The molecule has 2 heterocycles. The number of hydrogen-bond donors (Lipinski definition) is 2. The van der Waals surface area contributed by atoms with E-state index < -0.39 is 10.0 Å². The third-order valence-corrected chi connectivity index (χ3v) is 3.99. The molecule has 0 aliphatic rings. The maximum Gasteiger partial charge on any atom is 0.246 e. The Labute approximate surface area is 117 Å². The van der Waals surface area contributed by atoms with Gasteiger partial charge >= 0.3 is 0 Å². The van der Waals surface area contributed by atoms with Gasteiger partial charge in [-0.1, -0.05) is 6.92 Å². The molecule has 0 aliphatic heterocycles. The van der Waals surface area contributed by atoms with Crippen molar-refractivity contribution in [3.63, 3.8) is 0 Å². The van der Waals surface area contributed by atoms with Crippen molar-refractivity contribution in [2.24, 2.45) is 0 Å².